The van der Waals surface area contributed by atoms with E-state index in [0.717, 1.165) is 47.6 Å². The van der Waals surface area contributed by atoms with Crippen molar-refractivity contribution in [1.29, 1.82) is 0 Å². The van der Waals surface area contributed by atoms with E-state index in [4.69, 9.17) is 0 Å². The molecule has 3 rings (SSSR count). The summed E-state index contributed by atoms with van der Waals surface area (Å²) < 4.78 is 1.03. The fourth-order valence-corrected chi connectivity index (χ4v) is 3.25. The first-order valence-electron chi connectivity index (χ1n) is 8.34. The van der Waals surface area contributed by atoms with Gasteiger partial charge in [-0.05, 0) is 42.8 Å². The zero-order valence-corrected chi connectivity index (χ0v) is 15.8. The van der Waals surface area contributed by atoms with Crippen LogP contribution in [-0.2, 0) is 4.79 Å². The van der Waals surface area contributed by atoms with Crippen LogP contribution < -0.4 is 10.2 Å². The zero-order chi connectivity index (χ0) is 17.8. The molecule has 1 heterocycles. The van der Waals surface area contributed by atoms with Crippen molar-refractivity contribution in [3.8, 4) is 5.75 Å². The lowest BCUT2D eigenvalue weighted by Crippen LogP contribution is -2.48. The number of nitrogens with zero attached hydrogens (tertiary/aromatic N) is 2. The van der Waals surface area contributed by atoms with E-state index in [0.29, 0.717) is 12.3 Å². The van der Waals surface area contributed by atoms with E-state index in [-0.39, 0.29) is 5.91 Å². The first-order chi connectivity index (χ1) is 12.0. The molecule has 0 radical (unpaired) electrons. The van der Waals surface area contributed by atoms with E-state index in [2.05, 4.69) is 31.0 Å². The number of rotatable bonds is 4. The Morgan fingerprint density at radius 3 is 2.56 bits per heavy atom. The van der Waals surface area contributed by atoms with E-state index in [1.165, 1.54) is 0 Å². The van der Waals surface area contributed by atoms with Crippen LogP contribution in [-0.4, -0.2) is 48.6 Å². The maximum Gasteiger partial charge on any atom is 0.238 e. The Kier molecular flexibility index (Phi) is 5.60. The zero-order valence-electron chi connectivity index (χ0n) is 14.2. The molecule has 2 aromatic rings. The molecule has 1 saturated heterocycles. The number of amides is 1. The molecule has 1 amide bonds. The van der Waals surface area contributed by atoms with Gasteiger partial charge in [0.05, 0.1) is 12.2 Å². The van der Waals surface area contributed by atoms with Gasteiger partial charge < -0.3 is 15.3 Å². The summed E-state index contributed by atoms with van der Waals surface area (Å²) in [6.07, 6.45) is 0. The van der Waals surface area contributed by atoms with E-state index in [1.807, 2.05) is 43.3 Å². The van der Waals surface area contributed by atoms with Crippen LogP contribution in [0.3, 0.4) is 0 Å². The number of phenols is 1. The highest BCUT2D eigenvalue weighted by Gasteiger charge is 2.20. The van der Waals surface area contributed by atoms with Gasteiger partial charge in [-0.3, -0.25) is 9.69 Å². The third kappa shape index (κ3) is 4.52. The van der Waals surface area contributed by atoms with Crippen LogP contribution in [0.1, 0.15) is 5.56 Å². The second-order valence-corrected chi connectivity index (χ2v) is 7.12. The summed E-state index contributed by atoms with van der Waals surface area (Å²) >= 11 is 3.46. The Balaban J connectivity index is 1.51. The van der Waals surface area contributed by atoms with Crippen LogP contribution in [0.15, 0.2) is 46.9 Å². The van der Waals surface area contributed by atoms with Crippen molar-refractivity contribution >= 4 is 33.2 Å². The largest absolute Gasteiger partial charge is 0.506 e. The van der Waals surface area contributed by atoms with Crippen LogP contribution in [0.25, 0.3) is 0 Å². The van der Waals surface area contributed by atoms with Crippen LogP contribution in [0, 0.1) is 6.92 Å². The normalized spacial score (nSPS) is 15.2. The second kappa shape index (κ2) is 7.89. The van der Waals surface area contributed by atoms with Crippen molar-refractivity contribution in [3.05, 3.63) is 52.5 Å². The minimum absolute atomic E-state index is 0.00210. The molecule has 0 spiro atoms. The highest BCUT2D eigenvalue weighted by Crippen LogP contribution is 2.27. The van der Waals surface area contributed by atoms with Crippen molar-refractivity contribution in [2.45, 2.75) is 6.92 Å². The molecule has 132 valence electrons. The number of halogens is 1. The van der Waals surface area contributed by atoms with Crippen molar-refractivity contribution < 1.29 is 9.90 Å². The number of aryl methyl sites for hydroxylation is 1. The third-order valence-corrected chi connectivity index (χ3v) is 5.29. The Bertz CT molecular complexity index is 758. The summed E-state index contributed by atoms with van der Waals surface area (Å²) in [5, 5.41) is 12.9. The van der Waals surface area contributed by atoms with Crippen LogP contribution in [0.2, 0.25) is 0 Å². The van der Waals surface area contributed by atoms with E-state index < -0.39 is 0 Å². The third-order valence-electron chi connectivity index (χ3n) is 4.40. The minimum atomic E-state index is -0.00210. The summed E-state index contributed by atoms with van der Waals surface area (Å²) in [7, 11) is 0. The van der Waals surface area contributed by atoms with Gasteiger partial charge in [-0.1, -0.05) is 28.1 Å². The summed E-state index contributed by atoms with van der Waals surface area (Å²) in [5.74, 6) is 0.303. The number of carbonyl (C=O) groups excluding carboxylic acids is 1. The molecule has 6 heteroatoms. The average Bonchev–Trinajstić information content (AvgIpc) is 2.59. The molecule has 1 fully saturated rings. The SMILES string of the molecule is Cc1cc(NC(=O)CN2CCN(c3ccccc3O)CC2)ccc1Br. The van der Waals surface area contributed by atoms with Crippen molar-refractivity contribution in [1.82, 2.24) is 4.90 Å². The number of nitrogens with one attached hydrogen (secondary N) is 1. The fraction of sp³-hybridized carbons (Fsp3) is 0.316. The van der Waals surface area contributed by atoms with Crippen molar-refractivity contribution in [3.63, 3.8) is 0 Å². The highest BCUT2D eigenvalue weighted by molar-refractivity contribution is 9.10. The average molecular weight is 404 g/mol. The van der Waals surface area contributed by atoms with Crippen molar-refractivity contribution in [2.24, 2.45) is 0 Å². The predicted molar refractivity (Wildman–Crippen MR) is 104 cm³/mol. The molecule has 5 nitrogen and oxygen atoms in total. The lowest BCUT2D eigenvalue weighted by atomic mass is 10.2. The molecule has 0 atom stereocenters. The number of phenolic OH excluding ortho intramolecular Hbond substituents is 1. The molecule has 25 heavy (non-hydrogen) atoms. The predicted octanol–water partition coefficient (Wildman–Crippen LogP) is 3.22. The molecular formula is C19H22BrN3O2. The smallest absolute Gasteiger partial charge is 0.238 e. The maximum atomic E-state index is 12.3. The standard InChI is InChI=1S/C19H22BrN3O2/c1-14-12-15(6-7-16(14)20)21-19(25)13-22-8-10-23(11-9-22)17-4-2-3-5-18(17)24/h2-7,12,24H,8-11,13H2,1H3,(H,21,25). The van der Waals surface area contributed by atoms with Crippen LogP contribution in [0.4, 0.5) is 11.4 Å². The first kappa shape index (κ1) is 17.8. The molecule has 0 aromatic heterocycles. The number of carbonyl (C=O) groups is 1. The van der Waals surface area contributed by atoms with Crippen LogP contribution in [0.5, 0.6) is 5.75 Å². The van der Waals surface area contributed by atoms with E-state index in [9.17, 15) is 9.90 Å². The molecule has 2 N–H and O–H groups in total. The summed E-state index contributed by atoms with van der Waals surface area (Å²) in [4.78, 5) is 16.6. The van der Waals surface area contributed by atoms with Gasteiger partial charge in [0.15, 0.2) is 0 Å². The number of anilines is 2. The van der Waals surface area contributed by atoms with Gasteiger partial charge in [-0.15, -0.1) is 0 Å². The molecule has 0 saturated carbocycles. The molecule has 2 aromatic carbocycles. The number of para-hydroxylation sites is 2. The van der Waals surface area contributed by atoms with Gasteiger partial charge in [-0.25, -0.2) is 0 Å². The number of hydrogen-bond acceptors (Lipinski definition) is 4. The first-order valence-corrected chi connectivity index (χ1v) is 9.13. The molecule has 0 bridgehead atoms. The Hall–Kier alpha value is -2.05. The number of benzene rings is 2. The summed E-state index contributed by atoms with van der Waals surface area (Å²) in [6, 6.07) is 13.2. The van der Waals surface area contributed by atoms with E-state index in [1.54, 1.807) is 6.07 Å². The molecule has 0 aliphatic carbocycles. The van der Waals surface area contributed by atoms with Gasteiger partial charge in [0.25, 0.3) is 0 Å². The Labute approximate surface area is 156 Å². The monoisotopic (exact) mass is 403 g/mol. The summed E-state index contributed by atoms with van der Waals surface area (Å²) in [6.45, 7) is 5.55. The van der Waals surface area contributed by atoms with E-state index >= 15 is 0 Å². The molecule has 1 aliphatic heterocycles. The second-order valence-electron chi connectivity index (χ2n) is 6.26. The molecular weight excluding hydrogens is 382 g/mol. The Morgan fingerprint density at radius 2 is 1.88 bits per heavy atom. The minimum Gasteiger partial charge on any atom is -0.506 e. The maximum absolute atomic E-state index is 12.3. The highest BCUT2D eigenvalue weighted by atomic mass is 79.9. The van der Waals surface area contributed by atoms with Gasteiger partial charge in [0, 0.05) is 36.3 Å². The quantitative estimate of drug-likeness (QED) is 0.822. The number of hydrogen-bond donors (Lipinski definition) is 2. The Morgan fingerprint density at radius 1 is 1.16 bits per heavy atom. The fourth-order valence-electron chi connectivity index (χ4n) is 3.00. The summed E-state index contributed by atoms with van der Waals surface area (Å²) in [5.41, 5.74) is 2.77. The lowest BCUT2D eigenvalue weighted by Gasteiger charge is -2.35. The lowest BCUT2D eigenvalue weighted by molar-refractivity contribution is -0.117. The molecule has 1 aliphatic rings. The van der Waals surface area contributed by atoms with Crippen molar-refractivity contribution in [2.75, 3.05) is 42.9 Å². The number of aromatic hydroxyl groups is 1. The van der Waals surface area contributed by atoms with Gasteiger partial charge in [0.1, 0.15) is 5.75 Å². The van der Waals surface area contributed by atoms with Gasteiger partial charge in [-0.2, -0.15) is 0 Å². The topological polar surface area (TPSA) is 55.8 Å². The number of piperazine rings is 1. The van der Waals surface area contributed by atoms with Crippen LogP contribution >= 0.6 is 15.9 Å². The van der Waals surface area contributed by atoms with Gasteiger partial charge >= 0.3 is 0 Å². The molecule has 0 unspecified atom stereocenters. The van der Waals surface area contributed by atoms with Gasteiger partial charge in [0.2, 0.25) is 5.91 Å².